The van der Waals surface area contributed by atoms with E-state index in [1.807, 2.05) is 0 Å². The van der Waals surface area contributed by atoms with Gasteiger partial charge in [0.25, 0.3) is 0 Å². The minimum absolute atomic E-state index is 0. The van der Waals surface area contributed by atoms with Gasteiger partial charge in [-0.15, -0.1) is 24.8 Å². The maximum Gasteiger partial charge on any atom is 0.186 e. The number of aliphatic hydroxyl groups is 5. The number of hydrogen-bond donors (Lipinski definition) is 7. The molecule has 2 fully saturated rings. The molecule has 10 atom stereocenters. The van der Waals surface area contributed by atoms with Gasteiger partial charge < -0.3 is 55.9 Å². The van der Waals surface area contributed by atoms with Gasteiger partial charge in [-0.1, -0.05) is 0 Å². The number of methoxy groups -OCH3 is 1. The molecule has 2 saturated heterocycles. The van der Waals surface area contributed by atoms with E-state index in [4.69, 9.17) is 30.4 Å². The molecule has 26 heavy (non-hydrogen) atoms. The van der Waals surface area contributed by atoms with Crippen LogP contribution < -0.4 is 11.5 Å². The molecule has 0 spiro atoms. The third-order valence-electron chi connectivity index (χ3n) is 4.32. The summed E-state index contributed by atoms with van der Waals surface area (Å²) in [7, 11) is 1.28. The largest absolute Gasteiger partial charge is 0.394 e. The zero-order valence-corrected chi connectivity index (χ0v) is 15.7. The predicted molar refractivity (Wildman–Crippen MR) is 91.8 cm³/mol. The Bertz CT molecular complexity index is 410. The molecule has 13 heteroatoms. The molecule has 0 aromatic heterocycles. The van der Waals surface area contributed by atoms with E-state index in [0.29, 0.717) is 0 Å². The van der Waals surface area contributed by atoms with Gasteiger partial charge in [0.15, 0.2) is 12.6 Å². The number of halogens is 2. The van der Waals surface area contributed by atoms with Crippen LogP contribution in [0.3, 0.4) is 0 Å². The second-order valence-electron chi connectivity index (χ2n) is 5.88. The van der Waals surface area contributed by atoms with Crippen LogP contribution in [0, 0.1) is 0 Å². The maximum absolute atomic E-state index is 10.2. The van der Waals surface area contributed by atoms with E-state index >= 15 is 0 Å². The topological polar surface area (TPSA) is 190 Å². The van der Waals surface area contributed by atoms with Crippen molar-refractivity contribution in [2.45, 2.75) is 61.3 Å². The molecule has 0 unspecified atom stereocenters. The normalized spacial score (nSPS) is 46.2. The first-order valence-electron chi connectivity index (χ1n) is 7.63. The fourth-order valence-corrected chi connectivity index (χ4v) is 2.84. The highest BCUT2D eigenvalue weighted by Crippen LogP contribution is 2.28. The molecule has 0 aromatic carbocycles. The second kappa shape index (κ2) is 11.2. The summed E-state index contributed by atoms with van der Waals surface area (Å²) in [6.07, 6.45) is -11.0. The fourth-order valence-electron chi connectivity index (χ4n) is 2.84. The van der Waals surface area contributed by atoms with Crippen molar-refractivity contribution in [1.82, 2.24) is 0 Å². The average molecular weight is 427 g/mol. The summed E-state index contributed by atoms with van der Waals surface area (Å²) in [4.78, 5) is 0. The molecule has 0 amide bonds. The first kappa shape index (κ1) is 26.1. The number of ether oxygens (including phenoxy) is 4. The smallest absolute Gasteiger partial charge is 0.186 e. The van der Waals surface area contributed by atoms with Crippen molar-refractivity contribution in [2.24, 2.45) is 11.5 Å². The quantitative estimate of drug-likeness (QED) is 0.227. The van der Waals surface area contributed by atoms with Crippen molar-refractivity contribution in [1.29, 1.82) is 0 Å². The Balaban J connectivity index is 0.00000312. The number of nitrogens with two attached hydrogens (primary N) is 2. The summed E-state index contributed by atoms with van der Waals surface area (Å²) in [6, 6.07) is -1.13. The lowest BCUT2D eigenvalue weighted by Crippen LogP contribution is -2.66. The molecular weight excluding hydrogens is 399 g/mol. The molecular formula is C13H28Cl2N2O9. The van der Waals surface area contributed by atoms with Gasteiger partial charge in [0.2, 0.25) is 0 Å². The minimum atomic E-state index is -1.46. The van der Waals surface area contributed by atoms with Crippen molar-refractivity contribution in [3.8, 4) is 0 Å². The van der Waals surface area contributed by atoms with Crippen LogP contribution in [0.4, 0.5) is 0 Å². The molecule has 2 aliphatic heterocycles. The molecule has 9 N–H and O–H groups in total. The predicted octanol–water partition coefficient (Wildman–Crippen LogP) is -3.97. The Morgan fingerprint density at radius 1 is 0.885 bits per heavy atom. The minimum Gasteiger partial charge on any atom is -0.394 e. The Labute approximate surface area is 163 Å². The summed E-state index contributed by atoms with van der Waals surface area (Å²) < 4.78 is 21.2. The lowest BCUT2D eigenvalue weighted by molar-refractivity contribution is -0.340. The number of rotatable bonds is 5. The van der Waals surface area contributed by atoms with E-state index in [0.717, 1.165) is 0 Å². The molecule has 2 aliphatic rings. The van der Waals surface area contributed by atoms with E-state index in [9.17, 15) is 25.5 Å². The highest BCUT2D eigenvalue weighted by molar-refractivity contribution is 5.85. The van der Waals surface area contributed by atoms with E-state index in [-0.39, 0.29) is 31.4 Å². The van der Waals surface area contributed by atoms with Crippen molar-refractivity contribution in [3.05, 3.63) is 0 Å². The van der Waals surface area contributed by atoms with Crippen LogP contribution in [0.1, 0.15) is 0 Å². The van der Waals surface area contributed by atoms with Crippen LogP contribution in [0.15, 0.2) is 0 Å². The lowest BCUT2D eigenvalue weighted by Gasteiger charge is -2.46. The monoisotopic (exact) mass is 426 g/mol. The molecule has 2 rings (SSSR count). The van der Waals surface area contributed by atoms with Gasteiger partial charge in [-0.3, -0.25) is 0 Å². The highest BCUT2D eigenvalue weighted by Gasteiger charge is 2.49. The standard InChI is InChI=1S/C13H26N2O9.2ClH/c1-21-13-10(20)9(19)11(5(3-16)23-13)24-12-6(15)8(18)7(17)4(2-14)22-12;;/h4-13,16-20H,2-3,14-15H2,1H3;2*1H/t4-,5-,6-,7-,8-,9-,10-,11-,12-,13+;;/m1../s1. The molecule has 11 nitrogen and oxygen atoms in total. The van der Waals surface area contributed by atoms with Crippen LogP contribution in [-0.2, 0) is 18.9 Å². The fraction of sp³-hybridized carbons (Fsp3) is 1.00. The van der Waals surface area contributed by atoms with Gasteiger partial charge in [-0.25, -0.2) is 0 Å². The molecule has 0 bridgehead atoms. The number of aliphatic hydroxyl groups excluding tert-OH is 5. The second-order valence-corrected chi connectivity index (χ2v) is 5.88. The van der Waals surface area contributed by atoms with Crippen LogP contribution in [0.5, 0.6) is 0 Å². The van der Waals surface area contributed by atoms with Gasteiger partial charge in [0, 0.05) is 13.7 Å². The first-order chi connectivity index (χ1) is 11.3. The SMILES string of the molecule is CO[C@H]1O[C@H](CO)[C@@H](O[C@H]2O[C@H](CN)[C@@H](O)[C@H](O)[C@H]2N)[C@H](O)[C@H]1O.Cl.Cl. The van der Waals surface area contributed by atoms with Gasteiger partial charge in [-0.05, 0) is 0 Å². The van der Waals surface area contributed by atoms with Gasteiger partial charge in [-0.2, -0.15) is 0 Å². The molecule has 0 aliphatic carbocycles. The van der Waals surface area contributed by atoms with E-state index in [1.54, 1.807) is 0 Å². The first-order valence-corrected chi connectivity index (χ1v) is 7.63. The van der Waals surface area contributed by atoms with Crippen molar-refractivity contribution < 1.29 is 44.5 Å². The Morgan fingerprint density at radius 2 is 1.46 bits per heavy atom. The van der Waals surface area contributed by atoms with Crippen LogP contribution >= 0.6 is 24.8 Å². The number of hydrogen-bond acceptors (Lipinski definition) is 11. The van der Waals surface area contributed by atoms with E-state index < -0.39 is 68.0 Å². The summed E-state index contributed by atoms with van der Waals surface area (Å²) in [5.74, 6) is 0. The third kappa shape index (κ3) is 5.14. The highest BCUT2D eigenvalue weighted by atomic mass is 35.5. The summed E-state index contributed by atoms with van der Waals surface area (Å²) in [6.45, 7) is -0.617. The lowest BCUT2D eigenvalue weighted by atomic mass is 9.96. The third-order valence-corrected chi connectivity index (χ3v) is 4.32. The van der Waals surface area contributed by atoms with Crippen molar-refractivity contribution in [3.63, 3.8) is 0 Å². The summed E-state index contributed by atoms with van der Waals surface area (Å²) in [5, 5.41) is 49.4. The Hall–Kier alpha value is 0.140. The molecule has 0 saturated carbocycles. The average Bonchev–Trinajstić information content (AvgIpc) is 2.59. The molecule has 2 heterocycles. The van der Waals surface area contributed by atoms with Gasteiger partial charge >= 0.3 is 0 Å². The Kier molecular flexibility index (Phi) is 11.3. The van der Waals surface area contributed by atoms with Gasteiger partial charge in [0.1, 0.15) is 42.7 Å². The molecule has 158 valence electrons. The van der Waals surface area contributed by atoms with Crippen molar-refractivity contribution >= 4 is 24.8 Å². The van der Waals surface area contributed by atoms with Crippen molar-refractivity contribution in [2.75, 3.05) is 20.3 Å². The Morgan fingerprint density at radius 3 is 1.96 bits per heavy atom. The molecule has 0 aromatic rings. The van der Waals surface area contributed by atoms with Crippen LogP contribution in [-0.4, -0.2) is 107 Å². The van der Waals surface area contributed by atoms with E-state index in [2.05, 4.69) is 0 Å². The zero-order chi connectivity index (χ0) is 18.0. The van der Waals surface area contributed by atoms with Crippen LogP contribution in [0.25, 0.3) is 0 Å². The maximum atomic E-state index is 10.2. The van der Waals surface area contributed by atoms with Crippen LogP contribution in [0.2, 0.25) is 0 Å². The summed E-state index contributed by atoms with van der Waals surface area (Å²) >= 11 is 0. The zero-order valence-electron chi connectivity index (χ0n) is 14.0. The summed E-state index contributed by atoms with van der Waals surface area (Å²) in [5.41, 5.74) is 11.3. The van der Waals surface area contributed by atoms with E-state index in [1.165, 1.54) is 7.11 Å². The van der Waals surface area contributed by atoms with Gasteiger partial charge in [0.05, 0.1) is 12.6 Å². The molecule has 0 radical (unpaired) electrons.